The Morgan fingerprint density at radius 3 is 1.78 bits per heavy atom. The van der Waals surface area contributed by atoms with Gasteiger partial charge >= 0.3 is 0 Å². The van der Waals surface area contributed by atoms with E-state index in [1.165, 1.54) is 12.1 Å². The first-order chi connectivity index (χ1) is 8.72. The fourth-order valence-corrected chi connectivity index (χ4v) is 1.46. The van der Waals surface area contributed by atoms with Crippen LogP contribution in [0.15, 0.2) is 12.1 Å². The van der Waals surface area contributed by atoms with Crippen molar-refractivity contribution in [3.63, 3.8) is 0 Å². The smallest absolute Gasteiger partial charge is 0.165 e. The highest BCUT2D eigenvalue weighted by atomic mass is 16.6. The molecule has 3 rings (SSSR count). The zero-order chi connectivity index (χ0) is 12.5. The summed E-state index contributed by atoms with van der Waals surface area (Å²) in [5, 5.41) is 19.3. The Morgan fingerprint density at radius 2 is 1.39 bits per heavy atom. The first-order valence-corrected chi connectivity index (χ1v) is 5.77. The maximum absolute atomic E-state index is 9.63. The zero-order valence-corrected chi connectivity index (χ0v) is 9.67. The van der Waals surface area contributed by atoms with Crippen LogP contribution in [0.25, 0.3) is 0 Å². The molecule has 2 N–H and O–H groups in total. The topological polar surface area (TPSA) is 84.0 Å². The third-order valence-electron chi connectivity index (χ3n) is 2.69. The summed E-state index contributed by atoms with van der Waals surface area (Å²) in [7, 11) is 0. The molecular formula is C12H14O6. The second kappa shape index (κ2) is 4.55. The van der Waals surface area contributed by atoms with Gasteiger partial charge in [-0.1, -0.05) is 0 Å². The lowest BCUT2D eigenvalue weighted by molar-refractivity contribution is 0.240. The molecular weight excluding hydrogens is 240 g/mol. The first kappa shape index (κ1) is 11.4. The van der Waals surface area contributed by atoms with E-state index in [-0.39, 0.29) is 35.2 Å². The molecule has 0 spiro atoms. The van der Waals surface area contributed by atoms with Crippen molar-refractivity contribution in [1.29, 1.82) is 0 Å². The number of aromatic hydroxyl groups is 2. The molecule has 0 aliphatic carbocycles. The first-order valence-electron chi connectivity index (χ1n) is 5.77. The van der Waals surface area contributed by atoms with Gasteiger partial charge in [0.15, 0.2) is 23.0 Å². The normalized spacial score (nSPS) is 24.7. The van der Waals surface area contributed by atoms with Crippen molar-refractivity contribution in [2.75, 3.05) is 26.4 Å². The summed E-state index contributed by atoms with van der Waals surface area (Å²) in [6.45, 7) is 2.12. The van der Waals surface area contributed by atoms with E-state index in [9.17, 15) is 10.2 Å². The van der Waals surface area contributed by atoms with Gasteiger partial charge in [0.05, 0.1) is 13.2 Å². The molecule has 2 fully saturated rings. The summed E-state index contributed by atoms with van der Waals surface area (Å²) in [5.41, 5.74) is 0. The molecule has 2 unspecified atom stereocenters. The number of epoxide rings is 2. The van der Waals surface area contributed by atoms with Crippen molar-refractivity contribution in [1.82, 2.24) is 0 Å². The van der Waals surface area contributed by atoms with E-state index in [2.05, 4.69) is 0 Å². The minimum absolute atomic E-state index is 0.0995. The Hall–Kier alpha value is -1.66. The lowest BCUT2D eigenvalue weighted by atomic mass is 10.2. The lowest BCUT2D eigenvalue weighted by Gasteiger charge is -2.11. The third-order valence-corrected chi connectivity index (χ3v) is 2.69. The van der Waals surface area contributed by atoms with E-state index in [0.29, 0.717) is 26.4 Å². The summed E-state index contributed by atoms with van der Waals surface area (Å²) in [6.07, 6.45) is 0.199. The van der Waals surface area contributed by atoms with E-state index in [1.807, 2.05) is 0 Å². The second-order valence-electron chi connectivity index (χ2n) is 4.32. The van der Waals surface area contributed by atoms with Gasteiger partial charge < -0.3 is 29.2 Å². The quantitative estimate of drug-likeness (QED) is 0.725. The molecule has 0 bridgehead atoms. The van der Waals surface area contributed by atoms with Crippen LogP contribution in [-0.2, 0) is 9.47 Å². The van der Waals surface area contributed by atoms with E-state index in [1.54, 1.807) is 0 Å². The molecule has 6 heteroatoms. The lowest BCUT2D eigenvalue weighted by Crippen LogP contribution is -2.06. The molecule has 2 saturated heterocycles. The van der Waals surface area contributed by atoms with Crippen LogP contribution in [0.4, 0.5) is 0 Å². The molecule has 2 aliphatic heterocycles. The van der Waals surface area contributed by atoms with Crippen LogP contribution in [-0.4, -0.2) is 48.8 Å². The van der Waals surface area contributed by atoms with Gasteiger partial charge in [-0.15, -0.1) is 0 Å². The number of ether oxygens (including phenoxy) is 4. The van der Waals surface area contributed by atoms with Gasteiger partial charge in [-0.2, -0.15) is 0 Å². The molecule has 0 saturated carbocycles. The second-order valence-corrected chi connectivity index (χ2v) is 4.32. The molecule has 6 nitrogen and oxygen atoms in total. The fourth-order valence-electron chi connectivity index (χ4n) is 1.46. The van der Waals surface area contributed by atoms with Crippen LogP contribution in [0.1, 0.15) is 0 Å². The van der Waals surface area contributed by atoms with Gasteiger partial charge in [-0.25, -0.2) is 0 Å². The number of hydrogen-bond donors (Lipinski definition) is 2. The zero-order valence-electron chi connectivity index (χ0n) is 9.67. The van der Waals surface area contributed by atoms with Gasteiger partial charge in [0.1, 0.15) is 25.4 Å². The van der Waals surface area contributed by atoms with Gasteiger partial charge in [-0.05, 0) is 0 Å². The van der Waals surface area contributed by atoms with Gasteiger partial charge in [0.2, 0.25) is 0 Å². The molecule has 2 atom stereocenters. The van der Waals surface area contributed by atoms with Crippen LogP contribution in [0, 0.1) is 0 Å². The SMILES string of the molecule is Oc1cc(O)c(OCC2CO2)cc1OCC1CO1. The van der Waals surface area contributed by atoms with E-state index < -0.39 is 0 Å². The summed E-state index contributed by atoms with van der Waals surface area (Å²) in [4.78, 5) is 0. The molecule has 2 heterocycles. The Kier molecular flexibility index (Phi) is 2.89. The Labute approximate surface area is 104 Å². The number of phenols is 2. The average molecular weight is 254 g/mol. The standard InChI is InChI=1S/C12H14O6/c13-9-1-10(14)12(18-6-8-4-16-8)2-11(9)17-5-7-3-15-7/h1-2,7-8,13-14H,3-6H2. The van der Waals surface area contributed by atoms with E-state index in [0.717, 1.165) is 0 Å². The highest BCUT2D eigenvalue weighted by Gasteiger charge is 2.25. The number of benzene rings is 1. The van der Waals surface area contributed by atoms with Crippen molar-refractivity contribution in [3.8, 4) is 23.0 Å². The average Bonchev–Trinajstić information content (AvgIpc) is 3.21. The highest BCUT2D eigenvalue weighted by Crippen LogP contribution is 2.38. The Balaban J connectivity index is 1.67. The number of hydrogen-bond acceptors (Lipinski definition) is 6. The Bertz CT molecular complexity index is 401. The van der Waals surface area contributed by atoms with Gasteiger partial charge in [0.25, 0.3) is 0 Å². The predicted octanol–water partition coefficient (Wildman–Crippen LogP) is 0.653. The van der Waals surface area contributed by atoms with E-state index >= 15 is 0 Å². The summed E-state index contributed by atoms with van der Waals surface area (Å²) in [6, 6.07) is 2.67. The maximum atomic E-state index is 9.63. The monoisotopic (exact) mass is 254 g/mol. The van der Waals surface area contributed by atoms with Crippen LogP contribution in [0.5, 0.6) is 23.0 Å². The summed E-state index contributed by atoms with van der Waals surface area (Å²) in [5.74, 6) is 0.302. The highest BCUT2D eigenvalue weighted by molar-refractivity contribution is 5.52. The Morgan fingerprint density at radius 1 is 0.944 bits per heavy atom. The molecule has 98 valence electrons. The molecule has 1 aromatic carbocycles. The van der Waals surface area contributed by atoms with Gasteiger partial charge in [0, 0.05) is 12.1 Å². The van der Waals surface area contributed by atoms with Crippen LogP contribution < -0.4 is 9.47 Å². The molecule has 0 aromatic heterocycles. The van der Waals surface area contributed by atoms with Crippen molar-refractivity contribution in [2.45, 2.75) is 12.2 Å². The number of phenolic OH excluding ortho intramolecular Hbond substituents is 2. The van der Waals surface area contributed by atoms with Gasteiger partial charge in [-0.3, -0.25) is 0 Å². The molecule has 2 aliphatic rings. The largest absolute Gasteiger partial charge is 0.504 e. The summed E-state index contributed by atoms with van der Waals surface area (Å²) >= 11 is 0. The van der Waals surface area contributed by atoms with Crippen LogP contribution >= 0.6 is 0 Å². The maximum Gasteiger partial charge on any atom is 0.165 e. The summed E-state index contributed by atoms with van der Waals surface area (Å²) < 4.78 is 20.8. The molecule has 18 heavy (non-hydrogen) atoms. The fraction of sp³-hybridized carbons (Fsp3) is 0.500. The molecule has 1 aromatic rings. The van der Waals surface area contributed by atoms with Crippen molar-refractivity contribution < 1.29 is 29.2 Å². The van der Waals surface area contributed by atoms with Crippen LogP contribution in [0.3, 0.4) is 0 Å². The van der Waals surface area contributed by atoms with Crippen molar-refractivity contribution in [3.05, 3.63) is 12.1 Å². The number of rotatable bonds is 6. The van der Waals surface area contributed by atoms with Crippen molar-refractivity contribution in [2.24, 2.45) is 0 Å². The van der Waals surface area contributed by atoms with Crippen molar-refractivity contribution >= 4 is 0 Å². The van der Waals surface area contributed by atoms with E-state index in [4.69, 9.17) is 18.9 Å². The predicted molar refractivity (Wildman–Crippen MR) is 60.2 cm³/mol. The van der Waals surface area contributed by atoms with Crippen LogP contribution in [0.2, 0.25) is 0 Å². The molecule has 0 amide bonds. The minimum Gasteiger partial charge on any atom is -0.504 e. The minimum atomic E-state index is -0.122. The molecule has 0 radical (unpaired) electrons. The third kappa shape index (κ3) is 2.77.